The Bertz CT molecular complexity index is 1190. The zero-order valence-electron chi connectivity index (χ0n) is 33.9. The number of likely N-dealkylation sites (N-methyl/N-ethyl adjacent to an activating group) is 1. The van der Waals surface area contributed by atoms with Crippen molar-refractivity contribution < 1.29 is 63.2 Å². The van der Waals surface area contributed by atoms with Crippen molar-refractivity contribution in [3.05, 3.63) is 0 Å². The van der Waals surface area contributed by atoms with Crippen molar-refractivity contribution in [1.82, 2.24) is 4.90 Å². The number of hydrogen-bond donors (Lipinski definition) is 4. The fourth-order valence-corrected chi connectivity index (χ4v) is 8.58. The van der Waals surface area contributed by atoms with E-state index < -0.39 is 102 Å². The molecule has 14 heteroatoms. The molecule has 3 aliphatic rings. The zero-order valence-corrected chi connectivity index (χ0v) is 33.9. The largest absolute Gasteiger partial charge is 0.459 e. The van der Waals surface area contributed by atoms with Gasteiger partial charge in [-0.2, -0.15) is 0 Å². The Morgan fingerprint density at radius 3 is 1.98 bits per heavy atom. The molecule has 1 unspecified atom stereocenters. The van der Waals surface area contributed by atoms with E-state index in [1.54, 1.807) is 48.5 Å². The number of cyclic esters (lactones) is 1. The number of esters is 1. The minimum absolute atomic E-state index is 0.111. The Kier molecular flexibility index (Phi) is 15.3. The number of rotatable bonds is 8. The molecular weight excluding hydrogens is 678 g/mol. The van der Waals surface area contributed by atoms with Gasteiger partial charge in [0.25, 0.3) is 0 Å². The topological polar surface area (TPSA) is 183 Å². The van der Waals surface area contributed by atoms with Crippen molar-refractivity contribution in [3.8, 4) is 0 Å². The van der Waals surface area contributed by atoms with Gasteiger partial charge in [0.2, 0.25) is 0 Å². The molecule has 0 radical (unpaired) electrons. The van der Waals surface area contributed by atoms with E-state index in [2.05, 4.69) is 0 Å². The summed E-state index contributed by atoms with van der Waals surface area (Å²) in [5.41, 5.74) is -4.24. The summed E-state index contributed by atoms with van der Waals surface area (Å²) in [5, 5.41) is 45.6. The fourth-order valence-electron chi connectivity index (χ4n) is 8.58. The molecule has 18 atom stereocenters. The van der Waals surface area contributed by atoms with Crippen molar-refractivity contribution in [1.29, 1.82) is 0 Å². The number of carbonyl (C=O) groups excluding carboxylic acids is 2. The van der Waals surface area contributed by atoms with Crippen LogP contribution in [0.5, 0.6) is 0 Å². The van der Waals surface area contributed by atoms with Crippen LogP contribution in [0.4, 0.5) is 0 Å². The standard InChI is InChI=1S/C38H69NO13/c1-15-26-38(10,45)31(42)21(4)28(40)19(2)17-37(9,47-14)33(52-35-29(41)25(39(11)12)16-20(3)48-35)22(5)30(23(6)34(44)50-26)51-27-18-36(8,46-13)32(43)24(7)49-27/h19-27,29-33,35,41-43,45H,15-18H2,1-14H3/t19-,20-,21+,22+,23-,24+,25+,26-,27+,29-,30+,31-,32+,33?,35+,36-,37-,38-/m1/s1. The summed E-state index contributed by atoms with van der Waals surface area (Å²) in [7, 11) is 6.77. The number of methoxy groups -OCH3 is 2. The lowest BCUT2D eigenvalue weighted by atomic mass is 9.74. The highest BCUT2D eigenvalue weighted by Gasteiger charge is 2.54. The summed E-state index contributed by atoms with van der Waals surface area (Å²) in [6.07, 6.45) is -8.73. The van der Waals surface area contributed by atoms with Crippen LogP contribution in [-0.4, -0.2) is 150 Å². The van der Waals surface area contributed by atoms with Crippen molar-refractivity contribution in [2.45, 2.75) is 179 Å². The maximum Gasteiger partial charge on any atom is 0.311 e. The van der Waals surface area contributed by atoms with E-state index in [1.165, 1.54) is 21.1 Å². The first-order chi connectivity index (χ1) is 24.0. The van der Waals surface area contributed by atoms with E-state index in [0.29, 0.717) is 6.42 Å². The number of aliphatic hydroxyl groups is 4. The summed E-state index contributed by atoms with van der Waals surface area (Å²) >= 11 is 0. The van der Waals surface area contributed by atoms with E-state index in [9.17, 15) is 30.0 Å². The Morgan fingerprint density at radius 1 is 0.846 bits per heavy atom. The lowest BCUT2D eigenvalue weighted by molar-refractivity contribution is -0.319. The first kappa shape index (κ1) is 45.1. The molecule has 0 amide bonds. The average molecular weight is 748 g/mol. The second kappa shape index (κ2) is 17.7. The van der Waals surface area contributed by atoms with Crippen LogP contribution in [-0.2, 0) is 42.7 Å². The van der Waals surface area contributed by atoms with E-state index in [-0.39, 0.29) is 37.2 Å². The quantitative estimate of drug-likeness (QED) is 0.266. The van der Waals surface area contributed by atoms with Crippen molar-refractivity contribution >= 4 is 11.8 Å². The Morgan fingerprint density at radius 2 is 1.44 bits per heavy atom. The fraction of sp³-hybridized carbons (Fsp3) is 0.947. The van der Waals surface area contributed by atoms with Gasteiger partial charge in [-0.25, -0.2) is 0 Å². The van der Waals surface area contributed by atoms with Gasteiger partial charge in [0.05, 0.1) is 47.6 Å². The Labute approximate surface area is 310 Å². The molecule has 0 aromatic carbocycles. The monoisotopic (exact) mass is 747 g/mol. The number of Topliss-reactive ketones (excluding diaryl/α,β-unsaturated/α-hetero) is 1. The van der Waals surface area contributed by atoms with Gasteiger partial charge >= 0.3 is 5.97 Å². The van der Waals surface area contributed by atoms with Crippen LogP contribution >= 0.6 is 0 Å². The maximum atomic E-state index is 14.2. The zero-order chi connectivity index (χ0) is 39.7. The minimum Gasteiger partial charge on any atom is -0.459 e. The molecular formula is C38H69NO13. The number of aliphatic hydroxyl groups excluding tert-OH is 3. The maximum absolute atomic E-state index is 14.2. The average Bonchev–Trinajstić information content (AvgIpc) is 3.09. The number of ketones is 1. The third kappa shape index (κ3) is 9.38. The van der Waals surface area contributed by atoms with Gasteiger partial charge in [0.15, 0.2) is 12.6 Å². The molecule has 0 saturated carbocycles. The van der Waals surface area contributed by atoms with Crippen molar-refractivity contribution in [2.75, 3.05) is 28.3 Å². The van der Waals surface area contributed by atoms with E-state index >= 15 is 0 Å². The van der Waals surface area contributed by atoms with Gasteiger partial charge in [-0.05, 0) is 74.9 Å². The second-order valence-corrected chi connectivity index (χ2v) is 16.6. The molecule has 3 aliphatic heterocycles. The smallest absolute Gasteiger partial charge is 0.311 e. The molecule has 0 aliphatic carbocycles. The molecule has 14 nitrogen and oxygen atoms in total. The summed E-state index contributed by atoms with van der Waals surface area (Å²) in [4.78, 5) is 30.1. The molecule has 52 heavy (non-hydrogen) atoms. The SMILES string of the molecule is CC[C@H]1OC(=O)[C@H](C)[C@@H](O[C@H]2C[C@@](C)(OC)[C@@H](O)[C@H](C)O2)[C@H](C)C(O[C@@H]2O[C@H](C)C[C@H](N(C)C)[C@H]2O)[C@](C)(OC)C[C@@H](C)C(=O)[C@H](C)[C@@H](O)[C@]1(C)O. The van der Waals surface area contributed by atoms with Crippen LogP contribution in [0, 0.1) is 23.7 Å². The summed E-state index contributed by atoms with van der Waals surface area (Å²) in [5.74, 6) is -4.47. The van der Waals surface area contributed by atoms with Gasteiger partial charge in [-0.1, -0.05) is 27.7 Å². The number of nitrogens with zero attached hydrogens (tertiary/aromatic N) is 1. The van der Waals surface area contributed by atoms with Crippen LogP contribution in [0.15, 0.2) is 0 Å². The highest BCUT2D eigenvalue weighted by Crippen LogP contribution is 2.41. The van der Waals surface area contributed by atoms with Gasteiger partial charge in [0.1, 0.15) is 29.7 Å². The highest BCUT2D eigenvalue weighted by atomic mass is 16.7. The molecule has 0 aromatic heterocycles. The van der Waals surface area contributed by atoms with E-state index in [0.717, 1.165) is 0 Å². The van der Waals surface area contributed by atoms with E-state index in [1.807, 2.05) is 32.8 Å². The molecule has 0 bridgehead atoms. The third-order valence-corrected chi connectivity index (χ3v) is 12.3. The molecule has 3 heterocycles. The Balaban J connectivity index is 2.22. The number of hydrogen-bond acceptors (Lipinski definition) is 14. The van der Waals surface area contributed by atoms with Gasteiger partial charge in [-0.3, -0.25) is 9.59 Å². The Hall–Kier alpha value is -1.30. The normalized spacial score (nSPS) is 49.0. The van der Waals surface area contributed by atoms with Crippen molar-refractivity contribution in [2.24, 2.45) is 23.7 Å². The molecule has 4 N–H and O–H groups in total. The summed E-state index contributed by atoms with van der Waals surface area (Å²) in [6, 6.07) is -0.283. The molecule has 3 rings (SSSR count). The molecule has 3 fully saturated rings. The van der Waals surface area contributed by atoms with Gasteiger partial charge < -0.3 is 58.5 Å². The molecule has 0 spiro atoms. The summed E-state index contributed by atoms with van der Waals surface area (Å²) < 4.78 is 43.9. The van der Waals surface area contributed by atoms with Crippen LogP contribution in [0.1, 0.15) is 94.9 Å². The van der Waals surface area contributed by atoms with Gasteiger partial charge in [0, 0.05) is 44.4 Å². The first-order valence-corrected chi connectivity index (χ1v) is 18.9. The van der Waals surface area contributed by atoms with E-state index in [4.69, 9.17) is 33.2 Å². The lowest BCUT2D eigenvalue weighted by Crippen LogP contribution is -2.61. The number of carbonyl (C=O) groups is 2. The predicted octanol–water partition coefficient (Wildman–Crippen LogP) is 2.44. The molecule has 0 aromatic rings. The molecule has 3 saturated heterocycles. The minimum atomic E-state index is -1.96. The lowest BCUT2D eigenvalue weighted by Gasteiger charge is -2.50. The predicted molar refractivity (Wildman–Crippen MR) is 191 cm³/mol. The molecule has 304 valence electrons. The van der Waals surface area contributed by atoms with Crippen LogP contribution in [0.2, 0.25) is 0 Å². The highest BCUT2D eigenvalue weighted by molar-refractivity contribution is 5.83. The third-order valence-electron chi connectivity index (χ3n) is 12.3. The second-order valence-electron chi connectivity index (χ2n) is 16.6. The van der Waals surface area contributed by atoms with Crippen LogP contribution in [0.3, 0.4) is 0 Å². The summed E-state index contributed by atoms with van der Waals surface area (Å²) in [6.45, 7) is 17.1. The van der Waals surface area contributed by atoms with Crippen molar-refractivity contribution in [3.63, 3.8) is 0 Å². The number of ether oxygens (including phenoxy) is 7. The van der Waals surface area contributed by atoms with Gasteiger partial charge in [-0.15, -0.1) is 0 Å². The van der Waals surface area contributed by atoms with Crippen LogP contribution in [0.25, 0.3) is 0 Å². The van der Waals surface area contributed by atoms with Crippen LogP contribution < -0.4 is 0 Å². The first-order valence-electron chi connectivity index (χ1n) is 18.9.